The number of thiol groups is 2. The van der Waals surface area contributed by atoms with Crippen LogP contribution in [0.25, 0.3) is 0 Å². The summed E-state index contributed by atoms with van der Waals surface area (Å²) in [6, 6.07) is 0. The van der Waals surface area contributed by atoms with Crippen LogP contribution in [0.2, 0.25) is 0 Å². The van der Waals surface area contributed by atoms with Crippen molar-refractivity contribution < 1.29 is 63.2 Å². The molecule has 0 aromatic rings. The van der Waals surface area contributed by atoms with Gasteiger partial charge in [0.15, 0.2) is 0 Å². The monoisotopic (exact) mass is 208 g/mol. The molecule has 0 bridgehead atoms. The Hall–Kier alpha value is 1.17. The molecule has 10 heavy (non-hydrogen) atoms. The summed E-state index contributed by atoms with van der Waals surface area (Å²) in [6.45, 7) is 0. The van der Waals surface area contributed by atoms with E-state index in [1.807, 2.05) is 0 Å². The molecule has 0 aromatic carbocycles. The van der Waals surface area contributed by atoms with Crippen LogP contribution in [0.1, 0.15) is 1.43 Å². The van der Waals surface area contributed by atoms with Crippen LogP contribution >= 0.6 is 25.3 Å². The van der Waals surface area contributed by atoms with Gasteiger partial charge in [-0.15, -0.1) is 0 Å². The summed E-state index contributed by atoms with van der Waals surface area (Å²) < 4.78 is -0.444. The van der Waals surface area contributed by atoms with Crippen LogP contribution in [0, 0.1) is 0 Å². The van der Waals surface area contributed by atoms with Crippen LogP contribution in [0.4, 0.5) is 4.79 Å². The minimum atomic E-state index is -0.444. The van der Waals surface area contributed by atoms with Crippen LogP contribution in [0.5, 0.6) is 0 Å². The molecule has 0 atom stereocenters. The smallest absolute Gasteiger partial charge is 1.00 e. The van der Waals surface area contributed by atoms with Gasteiger partial charge in [-0.1, -0.05) is 25.3 Å². The molecule has 0 aromatic heterocycles. The minimum Gasteiger partial charge on any atom is -1.00 e. The van der Waals surface area contributed by atoms with E-state index in [1.165, 1.54) is 0 Å². The zero-order valence-corrected chi connectivity index (χ0v) is 9.09. The molecule has 0 unspecified atom stereocenters. The van der Waals surface area contributed by atoms with E-state index in [9.17, 15) is 4.79 Å². The second-order valence-corrected chi connectivity index (χ2v) is 1.45. The molecule has 0 spiro atoms. The summed E-state index contributed by atoms with van der Waals surface area (Å²) in [6.07, 6.45) is 0. The average Bonchev–Trinajstić information content (AvgIpc) is 0.811. The molecule has 9 heteroatoms. The zero-order valence-electron chi connectivity index (χ0n) is 6.30. The van der Waals surface area contributed by atoms with E-state index in [1.54, 1.807) is 0 Å². The van der Waals surface area contributed by atoms with Crippen molar-refractivity contribution in [1.82, 2.24) is 0 Å². The first-order chi connectivity index (χ1) is 1.73. The van der Waals surface area contributed by atoms with Gasteiger partial charge >= 0.3 is 29.6 Å². The first-order valence-electron chi connectivity index (χ1n) is 0.651. The maximum absolute atomic E-state index is 9.17. The van der Waals surface area contributed by atoms with Gasteiger partial charge in [0.25, 0.3) is 0 Å². The fraction of sp³-hybridized carbons (Fsp3) is 0. The SMILES string of the molecule is O.O.O.O.O.O=C(S)S.[H-].[Na+]. The molecule has 0 aliphatic carbocycles. The molecule has 0 saturated carbocycles. The normalized spacial score (nSPS) is 2.60. The van der Waals surface area contributed by atoms with Crippen molar-refractivity contribution in [2.75, 3.05) is 0 Å². The second-order valence-electron chi connectivity index (χ2n) is 0.283. The van der Waals surface area contributed by atoms with Gasteiger partial charge in [0.2, 0.25) is 4.45 Å². The molecule has 0 amide bonds. The van der Waals surface area contributed by atoms with Crippen LogP contribution < -0.4 is 29.6 Å². The van der Waals surface area contributed by atoms with Crippen molar-refractivity contribution in [3.8, 4) is 0 Å². The molecule has 0 fully saturated rings. The Kier molecular flexibility index (Phi) is 327. The Morgan fingerprint density at radius 1 is 0.900 bits per heavy atom. The van der Waals surface area contributed by atoms with E-state index in [-0.39, 0.29) is 58.4 Å². The summed E-state index contributed by atoms with van der Waals surface area (Å²) >= 11 is 6.38. The maximum atomic E-state index is 9.17. The standard InChI is InChI=1S/CH2OS2.Na.5H2O.H/c2-1(3)4;;;;;;;/h(H2,2,3,4);;5*1H2;/q;+1;;;;;;-1. The number of hydrogen-bond donors (Lipinski definition) is 2. The topological polar surface area (TPSA) is 175 Å². The fourth-order valence-corrected chi connectivity index (χ4v) is 0. The third kappa shape index (κ3) is 447. The van der Waals surface area contributed by atoms with Crippen molar-refractivity contribution >= 4 is 29.7 Å². The molecule has 0 aliphatic heterocycles. The predicted octanol–water partition coefficient (Wildman–Crippen LogP) is -6.04. The Balaban J connectivity index is -0.00000000214. The second kappa shape index (κ2) is 49.2. The van der Waals surface area contributed by atoms with Crippen LogP contribution in [0.15, 0.2) is 0 Å². The molecular formula is CH13NaO6S2. The van der Waals surface area contributed by atoms with Gasteiger partial charge in [-0.05, 0) is 0 Å². The third-order valence-electron chi connectivity index (χ3n) is 0. The van der Waals surface area contributed by atoms with Crippen molar-refractivity contribution in [2.24, 2.45) is 0 Å². The number of carbonyl (C=O) groups excluding carboxylic acids is 1. The number of rotatable bonds is 0. The maximum Gasteiger partial charge on any atom is 1.00 e. The average molecular weight is 208 g/mol. The Labute approximate surface area is 92.5 Å². The predicted molar refractivity (Wildman–Crippen MR) is 42.5 cm³/mol. The molecular weight excluding hydrogens is 195 g/mol. The number of carbonyl (C=O) groups is 1. The van der Waals surface area contributed by atoms with E-state index in [4.69, 9.17) is 0 Å². The van der Waals surface area contributed by atoms with Crippen LogP contribution in [-0.4, -0.2) is 31.8 Å². The summed E-state index contributed by atoms with van der Waals surface area (Å²) in [4.78, 5) is 9.17. The first kappa shape index (κ1) is 66.4. The quantitative estimate of drug-likeness (QED) is 0.292. The summed E-state index contributed by atoms with van der Waals surface area (Å²) in [5.74, 6) is 0. The summed E-state index contributed by atoms with van der Waals surface area (Å²) in [5.41, 5.74) is 0. The van der Waals surface area contributed by atoms with Gasteiger partial charge in [-0.2, -0.15) is 0 Å². The van der Waals surface area contributed by atoms with E-state index in [0.717, 1.165) is 0 Å². The van der Waals surface area contributed by atoms with E-state index < -0.39 is 4.45 Å². The Morgan fingerprint density at radius 2 is 0.900 bits per heavy atom. The van der Waals surface area contributed by atoms with E-state index in [2.05, 4.69) is 25.3 Å². The van der Waals surface area contributed by atoms with Crippen LogP contribution in [0.3, 0.4) is 0 Å². The summed E-state index contributed by atoms with van der Waals surface area (Å²) in [5, 5.41) is 0. The molecule has 0 saturated heterocycles. The molecule has 6 nitrogen and oxygen atoms in total. The first-order valence-corrected chi connectivity index (χ1v) is 1.55. The third-order valence-corrected chi connectivity index (χ3v) is 0. The molecule has 0 radical (unpaired) electrons. The van der Waals surface area contributed by atoms with E-state index >= 15 is 0 Å². The van der Waals surface area contributed by atoms with Gasteiger partial charge in [-0.25, -0.2) is 0 Å². The molecule has 10 N–H and O–H groups in total. The van der Waals surface area contributed by atoms with Gasteiger partial charge < -0.3 is 28.8 Å². The molecule has 0 aliphatic rings. The van der Waals surface area contributed by atoms with E-state index in [0.29, 0.717) is 0 Å². The summed E-state index contributed by atoms with van der Waals surface area (Å²) in [7, 11) is 0. The van der Waals surface area contributed by atoms with Crippen molar-refractivity contribution in [2.45, 2.75) is 0 Å². The van der Waals surface area contributed by atoms with Crippen molar-refractivity contribution in [3.05, 3.63) is 0 Å². The Morgan fingerprint density at radius 3 is 0.900 bits per heavy atom. The fourth-order valence-electron chi connectivity index (χ4n) is 0. The molecule has 0 rings (SSSR count). The van der Waals surface area contributed by atoms with Gasteiger partial charge in [0, 0.05) is 0 Å². The van der Waals surface area contributed by atoms with Gasteiger partial charge in [0.05, 0.1) is 0 Å². The van der Waals surface area contributed by atoms with Gasteiger partial charge in [0.1, 0.15) is 0 Å². The minimum absolute atomic E-state index is 0. The van der Waals surface area contributed by atoms with Crippen molar-refractivity contribution in [3.63, 3.8) is 0 Å². The zero-order chi connectivity index (χ0) is 3.58. The molecule has 66 valence electrons. The van der Waals surface area contributed by atoms with Crippen molar-refractivity contribution in [1.29, 1.82) is 0 Å². The van der Waals surface area contributed by atoms with Crippen LogP contribution in [-0.2, 0) is 0 Å². The molecule has 0 heterocycles. The van der Waals surface area contributed by atoms with Gasteiger partial charge in [-0.3, -0.25) is 4.79 Å². The number of hydrogen-bond acceptors (Lipinski definition) is 1. The Bertz CT molecular complexity index is 43.6. The largest absolute Gasteiger partial charge is 1.00 e.